The molecule has 148 valence electrons. The molecule has 0 amide bonds. The molecule has 0 spiro atoms. The second-order valence-electron chi connectivity index (χ2n) is 6.19. The molecule has 1 heterocycles. The molecule has 0 saturated carbocycles. The minimum atomic E-state index is 0.306. The number of anilines is 1. The summed E-state index contributed by atoms with van der Waals surface area (Å²) in [4.78, 5) is 1.13. The fourth-order valence-corrected chi connectivity index (χ4v) is 3.98. The fourth-order valence-electron chi connectivity index (χ4n) is 2.70. The quantitative estimate of drug-likeness (QED) is 0.482. The van der Waals surface area contributed by atoms with Crippen LogP contribution in [-0.2, 0) is 6.54 Å². The van der Waals surface area contributed by atoms with E-state index in [0.717, 1.165) is 10.5 Å². The number of aromatic nitrogens is 2. The summed E-state index contributed by atoms with van der Waals surface area (Å²) in [5.74, 6) is 1.48. The average Bonchev–Trinajstić information content (AvgIpc) is 3.15. The van der Waals surface area contributed by atoms with Gasteiger partial charge < -0.3 is 19.2 Å². The van der Waals surface area contributed by atoms with E-state index in [2.05, 4.69) is 35.4 Å². The van der Waals surface area contributed by atoms with Crippen molar-refractivity contribution in [2.75, 3.05) is 19.5 Å². The van der Waals surface area contributed by atoms with E-state index in [-0.39, 0.29) is 0 Å². The van der Waals surface area contributed by atoms with E-state index in [1.165, 1.54) is 0 Å². The number of para-hydroxylation sites is 1. The first kappa shape index (κ1) is 20.4. The minimum Gasteiger partial charge on any atom is -0.493 e. The van der Waals surface area contributed by atoms with Crippen molar-refractivity contribution < 1.29 is 13.9 Å². The smallest absolute Gasteiger partial charge is 0.316 e. The van der Waals surface area contributed by atoms with Gasteiger partial charge in [0.15, 0.2) is 11.5 Å². The lowest BCUT2D eigenvalue weighted by atomic mass is 10.2. The van der Waals surface area contributed by atoms with Crippen LogP contribution < -0.4 is 14.8 Å². The predicted molar refractivity (Wildman–Crippen MR) is 113 cm³/mol. The van der Waals surface area contributed by atoms with Crippen molar-refractivity contribution in [3.8, 4) is 23.0 Å². The molecule has 0 atom stereocenters. The van der Waals surface area contributed by atoms with E-state index in [1.807, 2.05) is 30.3 Å². The molecule has 28 heavy (non-hydrogen) atoms. The largest absolute Gasteiger partial charge is 0.493 e. The number of methoxy groups -OCH3 is 2. The third kappa shape index (κ3) is 4.54. The molecule has 0 aliphatic rings. The van der Waals surface area contributed by atoms with Gasteiger partial charge in [-0.2, -0.15) is 0 Å². The van der Waals surface area contributed by atoms with Gasteiger partial charge >= 0.3 is 6.01 Å². The lowest BCUT2D eigenvalue weighted by Crippen LogP contribution is -2.03. The molecular formula is C20H22ClN3O3S. The van der Waals surface area contributed by atoms with Crippen molar-refractivity contribution in [2.45, 2.75) is 30.5 Å². The summed E-state index contributed by atoms with van der Waals surface area (Å²) in [6.07, 6.45) is 0. The van der Waals surface area contributed by atoms with Crippen molar-refractivity contribution in [3.05, 3.63) is 47.0 Å². The van der Waals surface area contributed by atoms with Gasteiger partial charge in [0.2, 0.25) is 0 Å². The lowest BCUT2D eigenvalue weighted by molar-refractivity contribution is 0.355. The highest BCUT2D eigenvalue weighted by atomic mass is 35.5. The zero-order chi connectivity index (χ0) is 20.1. The van der Waals surface area contributed by atoms with Crippen LogP contribution in [0, 0.1) is 0 Å². The second-order valence-corrected chi connectivity index (χ2v) is 8.22. The highest BCUT2D eigenvalue weighted by Crippen LogP contribution is 2.37. The number of benzene rings is 2. The van der Waals surface area contributed by atoms with Crippen LogP contribution >= 0.6 is 23.4 Å². The Hall–Kier alpha value is -2.38. The van der Waals surface area contributed by atoms with Gasteiger partial charge in [0, 0.05) is 27.3 Å². The van der Waals surface area contributed by atoms with Crippen LogP contribution in [-0.4, -0.2) is 29.7 Å². The van der Waals surface area contributed by atoms with E-state index in [9.17, 15) is 0 Å². The number of halogens is 1. The Bertz CT molecular complexity index is 946. The first-order valence-corrected chi connectivity index (χ1v) is 10.0. The molecule has 3 aromatic rings. The van der Waals surface area contributed by atoms with E-state index in [1.54, 1.807) is 26.0 Å². The normalized spacial score (nSPS) is 10.9. The summed E-state index contributed by atoms with van der Waals surface area (Å²) in [7, 11) is 3.15. The molecule has 2 aromatic carbocycles. The van der Waals surface area contributed by atoms with Crippen LogP contribution in [0.15, 0.2) is 45.7 Å². The summed E-state index contributed by atoms with van der Waals surface area (Å²) < 4.78 is 16.5. The minimum absolute atomic E-state index is 0.306. The van der Waals surface area contributed by atoms with Crippen molar-refractivity contribution in [1.29, 1.82) is 0 Å². The SMILES string of the molecule is COc1cccc(-c2nnc(NCc3c(Cl)cccc3SC(C)C)o2)c1OC. The predicted octanol–water partition coefficient (Wildman–Crippen LogP) is 5.52. The number of hydrogen-bond acceptors (Lipinski definition) is 7. The molecule has 6 nitrogen and oxygen atoms in total. The number of hydrogen-bond donors (Lipinski definition) is 1. The molecule has 0 aliphatic heterocycles. The van der Waals surface area contributed by atoms with Gasteiger partial charge in [-0.3, -0.25) is 0 Å². The van der Waals surface area contributed by atoms with Gasteiger partial charge in [-0.1, -0.05) is 42.7 Å². The van der Waals surface area contributed by atoms with Gasteiger partial charge in [0.1, 0.15) is 0 Å². The van der Waals surface area contributed by atoms with E-state index >= 15 is 0 Å². The van der Waals surface area contributed by atoms with Crippen LogP contribution in [0.3, 0.4) is 0 Å². The van der Waals surface area contributed by atoms with Crippen LogP contribution in [0.25, 0.3) is 11.5 Å². The van der Waals surface area contributed by atoms with E-state index < -0.39 is 0 Å². The molecule has 0 aliphatic carbocycles. The van der Waals surface area contributed by atoms with Gasteiger partial charge in [-0.05, 0) is 24.3 Å². The van der Waals surface area contributed by atoms with Gasteiger partial charge in [-0.25, -0.2) is 0 Å². The number of nitrogens with one attached hydrogen (secondary N) is 1. The Labute approximate surface area is 173 Å². The van der Waals surface area contributed by atoms with Crippen LogP contribution in [0.1, 0.15) is 19.4 Å². The molecule has 0 radical (unpaired) electrons. The summed E-state index contributed by atoms with van der Waals surface area (Å²) in [5.41, 5.74) is 1.66. The Morgan fingerprint density at radius 2 is 1.89 bits per heavy atom. The Morgan fingerprint density at radius 1 is 1.11 bits per heavy atom. The zero-order valence-corrected chi connectivity index (χ0v) is 17.7. The van der Waals surface area contributed by atoms with Crippen molar-refractivity contribution in [1.82, 2.24) is 10.2 Å². The van der Waals surface area contributed by atoms with Crippen LogP contribution in [0.4, 0.5) is 6.01 Å². The summed E-state index contributed by atoms with van der Waals surface area (Å²) >= 11 is 8.17. The average molecular weight is 420 g/mol. The number of ether oxygens (including phenoxy) is 2. The number of rotatable bonds is 8. The number of nitrogens with zero attached hydrogens (tertiary/aromatic N) is 2. The molecule has 0 unspecified atom stereocenters. The highest BCUT2D eigenvalue weighted by Gasteiger charge is 2.17. The number of thioether (sulfide) groups is 1. The van der Waals surface area contributed by atoms with Crippen molar-refractivity contribution >= 4 is 29.4 Å². The molecule has 3 rings (SSSR count). The Kier molecular flexibility index (Phi) is 6.70. The molecule has 1 N–H and O–H groups in total. The maximum absolute atomic E-state index is 6.40. The van der Waals surface area contributed by atoms with Gasteiger partial charge in [0.05, 0.1) is 19.8 Å². The van der Waals surface area contributed by atoms with Gasteiger partial charge in [0.25, 0.3) is 5.89 Å². The molecule has 0 bridgehead atoms. The third-order valence-corrected chi connectivity index (χ3v) is 5.38. The molecule has 8 heteroatoms. The monoisotopic (exact) mass is 419 g/mol. The standard InChI is InChI=1S/C20H22ClN3O3S/c1-12(2)28-17-10-6-8-15(21)14(17)11-22-20-24-23-19(27-20)13-7-5-9-16(25-3)18(13)26-4/h5-10,12H,11H2,1-4H3,(H,22,24). The molecule has 0 fully saturated rings. The maximum atomic E-state index is 6.40. The van der Waals surface area contributed by atoms with Crippen molar-refractivity contribution in [2.24, 2.45) is 0 Å². The summed E-state index contributed by atoms with van der Waals surface area (Å²) in [6, 6.07) is 11.7. The Balaban J connectivity index is 1.80. The highest BCUT2D eigenvalue weighted by molar-refractivity contribution is 8.00. The molecule has 0 saturated heterocycles. The molecular weight excluding hydrogens is 398 g/mol. The Morgan fingerprint density at radius 3 is 2.61 bits per heavy atom. The zero-order valence-electron chi connectivity index (χ0n) is 16.2. The second kappa shape index (κ2) is 9.21. The first-order chi connectivity index (χ1) is 13.5. The third-order valence-electron chi connectivity index (χ3n) is 3.91. The maximum Gasteiger partial charge on any atom is 0.316 e. The lowest BCUT2D eigenvalue weighted by Gasteiger charge is -2.13. The fraction of sp³-hybridized carbons (Fsp3) is 0.300. The molecule has 1 aromatic heterocycles. The first-order valence-electron chi connectivity index (χ1n) is 8.76. The topological polar surface area (TPSA) is 69.4 Å². The summed E-state index contributed by atoms with van der Waals surface area (Å²) in [5, 5.41) is 12.5. The van der Waals surface area contributed by atoms with Crippen molar-refractivity contribution in [3.63, 3.8) is 0 Å². The van der Waals surface area contributed by atoms with Crippen LogP contribution in [0.2, 0.25) is 5.02 Å². The van der Waals surface area contributed by atoms with Gasteiger partial charge in [-0.15, -0.1) is 16.9 Å². The summed E-state index contributed by atoms with van der Waals surface area (Å²) in [6.45, 7) is 4.77. The van der Waals surface area contributed by atoms with E-state index in [0.29, 0.717) is 45.8 Å². The van der Waals surface area contributed by atoms with Crippen LogP contribution in [0.5, 0.6) is 11.5 Å². The van der Waals surface area contributed by atoms with E-state index in [4.69, 9.17) is 25.5 Å².